The lowest BCUT2D eigenvalue weighted by Gasteiger charge is -2.55. The molecular formula is C16H27NO. The maximum Gasteiger partial charge on any atom is 0.207 e. The Kier molecular flexibility index (Phi) is 2.44. The summed E-state index contributed by atoms with van der Waals surface area (Å²) in [5, 5.41) is 3.20. The largest absolute Gasteiger partial charge is 0.353 e. The first-order valence-corrected chi connectivity index (χ1v) is 7.56. The first-order valence-electron chi connectivity index (χ1n) is 7.56. The lowest BCUT2D eigenvalue weighted by Crippen LogP contribution is -2.58. The van der Waals surface area contributed by atoms with Gasteiger partial charge in [-0.3, -0.25) is 4.79 Å². The van der Waals surface area contributed by atoms with Crippen molar-refractivity contribution in [1.29, 1.82) is 0 Å². The molecule has 2 nitrogen and oxygen atoms in total. The van der Waals surface area contributed by atoms with Crippen LogP contribution in [0.15, 0.2) is 0 Å². The Bertz CT molecular complexity index is 377. The minimum atomic E-state index is 0.0336. The van der Waals surface area contributed by atoms with E-state index in [9.17, 15) is 4.79 Å². The van der Waals surface area contributed by atoms with Crippen molar-refractivity contribution in [1.82, 2.24) is 5.32 Å². The average Bonchev–Trinajstić information content (AvgIpc) is 2.80. The van der Waals surface area contributed by atoms with Crippen molar-refractivity contribution in [3.05, 3.63) is 0 Å². The molecule has 3 aliphatic carbocycles. The second-order valence-corrected chi connectivity index (χ2v) is 8.16. The Balaban J connectivity index is 1.97. The van der Waals surface area contributed by atoms with Crippen LogP contribution in [-0.2, 0) is 4.79 Å². The number of nitrogens with one attached hydrogen (secondary N) is 1. The summed E-state index contributed by atoms with van der Waals surface area (Å²) in [6, 6.07) is 0. The number of carbonyl (C=O) groups excluding carboxylic acids is 1. The highest BCUT2D eigenvalue weighted by Crippen LogP contribution is 2.74. The number of carbonyl (C=O) groups is 1. The Morgan fingerprint density at radius 1 is 1.11 bits per heavy atom. The van der Waals surface area contributed by atoms with E-state index < -0.39 is 0 Å². The van der Waals surface area contributed by atoms with Crippen molar-refractivity contribution in [2.24, 2.45) is 28.6 Å². The second kappa shape index (κ2) is 3.52. The molecule has 0 aromatic carbocycles. The molecule has 0 aliphatic heterocycles. The van der Waals surface area contributed by atoms with Gasteiger partial charge in [-0.2, -0.15) is 0 Å². The molecule has 2 heteroatoms. The first kappa shape index (κ1) is 12.5. The van der Waals surface area contributed by atoms with Crippen LogP contribution in [0, 0.1) is 28.6 Å². The third-order valence-corrected chi connectivity index (χ3v) is 6.79. The zero-order valence-electron chi connectivity index (χ0n) is 12.3. The van der Waals surface area contributed by atoms with Gasteiger partial charge in [-0.15, -0.1) is 0 Å². The summed E-state index contributed by atoms with van der Waals surface area (Å²) in [4.78, 5) is 11.0. The van der Waals surface area contributed by atoms with Crippen molar-refractivity contribution in [3.8, 4) is 0 Å². The van der Waals surface area contributed by atoms with Gasteiger partial charge in [0.25, 0.3) is 0 Å². The third-order valence-electron chi connectivity index (χ3n) is 6.79. The Morgan fingerprint density at radius 3 is 2.50 bits per heavy atom. The maximum atomic E-state index is 11.0. The molecule has 18 heavy (non-hydrogen) atoms. The van der Waals surface area contributed by atoms with Crippen LogP contribution in [0.1, 0.15) is 59.8 Å². The highest BCUT2D eigenvalue weighted by Gasteiger charge is 2.70. The van der Waals surface area contributed by atoms with Crippen LogP contribution >= 0.6 is 0 Å². The van der Waals surface area contributed by atoms with Gasteiger partial charge < -0.3 is 5.32 Å². The second-order valence-electron chi connectivity index (χ2n) is 8.16. The van der Waals surface area contributed by atoms with Crippen LogP contribution in [0.25, 0.3) is 0 Å². The average molecular weight is 249 g/mol. The third kappa shape index (κ3) is 1.44. The first-order chi connectivity index (χ1) is 8.35. The molecule has 0 aromatic rings. The number of fused-ring (bicyclic) bond motifs is 3. The molecule has 5 atom stereocenters. The highest BCUT2D eigenvalue weighted by atomic mass is 16.1. The van der Waals surface area contributed by atoms with Gasteiger partial charge in [0.2, 0.25) is 6.41 Å². The normalized spacial score (nSPS) is 53.0. The van der Waals surface area contributed by atoms with Gasteiger partial charge in [0.15, 0.2) is 0 Å². The van der Waals surface area contributed by atoms with Crippen molar-refractivity contribution >= 4 is 6.41 Å². The van der Waals surface area contributed by atoms with Gasteiger partial charge >= 0.3 is 0 Å². The molecule has 3 rings (SSSR count). The summed E-state index contributed by atoms with van der Waals surface area (Å²) < 4.78 is 0. The number of amides is 1. The van der Waals surface area contributed by atoms with Gasteiger partial charge in [-0.25, -0.2) is 0 Å². The quantitative estimate of drug-likeness (QED) is 0.747. The summed E-state index contributed by atoms with van der Waals surface area (Å²) in [5.41, 5.74) is 0.995. The Labute approximate surface area is 111 Å². The van der Waals surface area contributed by atoms with Crippen molar-refractivity contribution < 1.29 is 4.79 Å². The fourth-order valence-electron chi connectivity index (χ4n) is 5.83. The molecule has 0 heterocycles. The minimum Gasteiger partial charge on any atom is -0.353 e. The van der Waals surface area contributed by atoms with Crippen molar-refractivity contribution in [2.45, 2.75) is 65.3 Å². The molecule has 1 amide bonds. The number of hydrogen-bond donors (Lipinski definition) is 1. The maximum absolute atomic E-state index is 11.0. The zero-order chi connectivity index (χ0) is 13.2. The predicted octanol–water partition coefficient (Wildman–Crippen LogP) is 3.36. The molecule has 0 radical (unpaired) electrons. The summed E-state index contributed by atoms with van der Waals surface area (Å²) in [6.45, 7) is 9.64. The molecule has 102 valence electrons. The molecule has 0 bridgehead atoms. The number of hydrogen-bond acceptors (Lipinski definition) is 1. The van der Waals surface area contributed by atoms with E-state index in [0.717, 1.165) is 24.7 Å². The predicted molar refractivity (Wildman–Crippen MR) is 73.0 cm³/mol. The molecule has 0 saturated heterocycles. The standard InChI is InChI=1S/C16H27NO/c1-14(2)11-6-9-15(3)7-5-8-16(4,17-10-18)13(15)12(11)14/h10-13H,5-9H2,1-4H3,(H,17,18)/t11-,12-,13+,15+,16+/m0/s1. The number of rotatable bonds is 2. The van der Waals surface area contributed by atoms with Crippen LogP contribution in [0.4, 0.5) is 0 Å². The van der Waals surface area contributed by atoms with Crippen LogP contribution in [0.2, 0.25) is 0 Å². The van der Waals surface area contributed by atoms with Gasteiger partial charge in [-0.05, 0) is 61.2 Å². The van der Waals surface area contributed by atoms with Gasteiger partial charge in [0.1, 0.15) is 0 Å². The molecular weight excluding hydrogens is 222 g/mol. The lowest BCUT2D eigenvalue weighted by atomic mass is 9.53. The molecule has 3 aliphatic rings. The Morgan fingerprint density at radius 2 is 1.83 bits per heavy atom. The molecule has 1 N–H and O–H groups in total. The van der Waals surface area contributed by atoms with E-state index in [1.54, 1.807) is 0 Å². The fraction of sp³-hybridized carbons (Fsp3) is 0.938. The SMILES string of the molecule is CC1(C)[C@@H]2[C@@H]3[C@](C)(CCC[C@@]3(C)NC=O)CC[C@@H]21. The molecule has 3 fully saturated rings. The molecule has 0 aromatic heterocycles. The van der Waals surface area contributed by atoms with E-state index >= 15 is 0 Å². The van der Waals surface area contributed by atoms with E-state index in [1.807, 2.05) is 0 Å². The van der Waals surface area contributed by atoms with Crippen molar-refractivity contribution in [2.75, 3.05) is 0 Å². The summed E-state index contributed by atoms with van der Waals surface area (Å²) in [5.74, 6) is 2.41. The highest BCUT2D eigenvalue weighted by molar-refractivity contribution is 5.48. The molecule has 3 saturated carbocycles. The van der Waals surface area contributed by atoms with E-state index in [1.165, 1.54) is 25.7 Å². The Hall–Kier alpha value is -0.530. The van der Waals surface area contributed by atoms with Crippen LogP contribution in [0.3, 0.4) is 0 Å². The molecule has 0 spiro atoms. The van der Waals surface area contributed by atoms with Crippen molar-refractivity contribution in [3.63, 3.8) is 0 Å². The van der Waals surface area contributed by atoms with Crippen LogP contribution < -0.4 is 5.32 Å². The van der Waals surface area contributed by atoms with E-state index in [2.05, 4.69) is 33.0 Å². The fourth-order valence-corrected chi connectivity index (χ4v) is 5.83. The summed E-state index contributed by atoms with van der Waals surface area (Å²) in [7, 11) is 0. The van der Waals surface area contributed by atoms with E-state index in [-0.39, 0.29) is 5.54 Å². The van der Waals surface area contributed by atoms with Crippen LogP contribution in [-0.4, -0.2) is 11.9 Å². The monoisotopic (exact) mass is 249 g/mol. The van der Waals surface area contributed by atoms with Gasteiger partial charge in [-0.1, -0.05) is 27.2 Å². The topological polar surface area (TPSA) is 29.1 Å². The molecule has 0 unspecified atom stereocenters. The van der Waals surface area contributed by atoms with Crippen LogP contribution in [0.5, 0.6) is 0 Å². The summed E-state index contributed by atoms with van der Waals surface area (Å²) >= 11 is 0. The van der Waals surface area contributed by atoms with E-state index in [4.69, 9.17) is 0 Å². The zero-order valence-corrected chi connectivity index (χ0v) is 12.3. The summed E-state index contributed by atoms with van der Waals surface area (Å²) in [6.07, 6.45) is 7.48. The van der Waals surface area contributed by atoms with Gasteiger partial charge in [0.05, 0.1) is 0 Å². The minimum absolute atomic E-state index is 0.0336. The smallest absolute Gasteiger partial charge is 0.207 e. The lowest BCUT2D eigenvalue weighted by molar-refractivity contribution is -0.114. The van der Waals surface area contributed by atoms with Gasteiger partial charge in [0, 0.05) is 5.54 Å². The van der Waals surface area contributed by atoms with E-state index in [0.29, 0.717) is 16.7 Å².